The third-order valence-electron chi connectivity index (χ3n) is 2.10. The van der Waals surface area contributed by atoms with E-state index in [9.17, 15) is 4.79 Å². The lowest BCUT2D eigenvalue weighted by molar-refractivity contribution is 0.0966. The summed E-state index contributed by atoms with van der Waals surface area (Å²) in [6.45, 7) is 2.51. The highest BCUT2D eigenvalue weighted by molar-refractivity contribution is 6.30. The van der Waals surface area contributed by atoms with Crippen molar-refractivity contribution < 1.29 is 4.79 Å². The normalized spacial score (nSPS) is 12.5. The van der Waals surface area contributed by atoms with Crippen molar-refractivity contribution in [2.24, 2.45) is 11.7 Å². The van der Waals surface area contributed by atoms with E-state index in [1.807, 2.05) is 6.92 Å². The molecule has 3 heteroatoms. The molecule has 1 aromatic rings. The summed E-state index contributed by atoms with van der Waals surface area (Å²) in [5, 5.41) is 0.647. The van der Waals surface area contributed by atoms with Crippen molar-refractivity contribution in [1.29, 1.82) is 0 Å². The second kappa shape index (κ2) is 5.13. The highest BCUT2D eigenvalue weighted by atomic mass is 35.5. The molecule has 2 nitrogen and oxygen atoms in total. The monoisotopic (exact) mass is 211 g/mol. The zero-order valence-electron chi connectivity index (χ0n) is 8.16. The van der Waals surface area contributed by atoms with Crippen LogP contribution in [-0.4, -0.2) is 12.3 Å². The largest absolute Gasteiger partial charge is 0.330 e. The van der Waals surface area contributed by atoms with Gasteiger partial charge in [-0.25, -0.2) is 0 Å². The predicted molar refractivity (Wildman–Crippen MR) is 58.6 cm³/mol. The number of nitrogens with two attached hydrogens (primary N) is 1. The number of hydrogen-bond donors (Lipinski definition) is 1. The Hall–Kier alpha value is -0.860. The Bertz CT molecular complexity index is 308. The lowest BCUT2D eigenvalue weighted by Gasteiger charge is -2.06. The summed E-state index contributed by atoms with van der Waals surface area (Å²) in [4.78, 5) is 11.6. The van der Waals surface area contributed by atoms with Crippen LogP contribution in [0.15, 0.2) is 24.3 Å². The van der Waals surface area contributed by atoms with E-state index < -0.39 is 0 Å². The lowest BCUT2D eigenvalue weighted by Crippen LogP contribution is -2.15. The molecule has 14 heavy (non-hydrogen) atoms. The van der Waals surface area contributed by atoms with E-state index in [1.54, 1.807) is 24.3 Å². The minimum atomic E-state index is 0.125. The molecule has 2 N–H and O–H groups in total. The van der Waals surface area contributed by atoms with Crippen LogP contribution in [0.2, 0.25) is 5.02 Å². The SMILES string of the molecule is CC(CN)CC(=O)c1ccc(Cl)cc1. The topological polar surface area (TPSA) is 43.1 Å². The molecule has 0 bridgehead atoms. The van der Waals surface area contributed by atoms with Gasteiger partial charge in [-0.05, 0) is 36.7 Å². The quantitative estimate of drug-likeness (QED) is 0.778. The molecule has 0 aliphatic carbocycles. The van der Waals surface area contributed by atoms with E-state index in [-0.39, 0.29) is 11.7 Å². The summed E-state index contributed by atoms with van der Waals surface area (Å²) in [5.74, 6) is 0.359. The Morgan fingerprint density at radius 1 is 1.43 bits per heavy atom. The minimum absolute atomic E-state index is 0.125. The van der Waals surface area contributed by atoms with E-state index >= 15 is 0 Å². The molecule has 0 saturated carbocycles. The molecule has 1 rings (SSSR count). The molecule has 76 valence electrons. The van der Waals surface area contributed by atoms with Gasteiger partial charge in [0.2, 0.25) is 0 Å². The maximum atomic E-state index is 11.6. The predicted octanol–water partition coefficient (Wildman–Crippen LogP) is 2.51. The van der Waals surface area contributed by atoms with Crippen LogP contribution in [0.25, 0.3) is 0 Å². The van der Waals surface area contributed by atoms with Gasteiger partial charge in [0.1, 0.15) is 0 Å². The summed E-state index contributed by atoms with van der Waals surface area (Å²) in [5.41, 5.74) is 6.15. The number of hydrogen-bond acceptors (Lipinski definition) is 2. The van der Waals surface area contributed by atoms with Gasteiger partial charge < -0.3 is 5.73 Å². The highest BCUT2D eigenvalue weighted by Gasteiger charge is 2.09. The zero-order chi connectivity index (χ0) is 10.6. The first-order valence-corrected chi connectivity index (χ1v) is 5.00. The standard InChI is InChI=1S/C11H14ClNO/c1-8(7-13)6-11(14)9-2-4-10(12)5-3-9/h2-5,8H,6-7,13H2,1H3. The van der Waals surface area contributed by atoms with E-state index in [0.717, 1.165) is 0 Å². The molecule has 0 heterocycles. The van der Waals surface area contributed by atoms with Crippen molar-refractivity contribution in [3.8, 4) is 0 Å². The maximum Gasteiger partial charge on any atom is 0.163 e. The molecule has 0 aromatic heterocycles. The minimum Gasteiger partial charge on any atom is -0.330 e. The number of Topliss-reactive ketones (excluding diaryl/α,β-unsaturated/α-hetero) is 1. The van der Waals surface area contributed by atoms with E-state index in [2.05, 4.69) is 0 Å². The first-order valence-electron chi connectivity index (χ1n) is 4.62. The lowest BCUT2D eigenvalue weighted by atomic mass is 10.00. The van der Waals surface area contributed by atoms with Gasteiger partial charge in [0.15, 0.2) is 5.78 Å². The fourth-order valence-corrected chi connectivity index (χ4v) is 1.28. The number of rotatable bonds is 4. The van der Waals surface area contributed by atoms with Crippen molar-refractivity contribution in [2.45, 2.75) is 13.3 Å². The molecule has 1 unspecified atom stereocenters. The van der Waals surface area contributed by atoms with Gasteiger partial charge in [-0.15, -0.1) is 0 Å². The van der Waals surface area contributed by atoms with Crippen LogP contribution in [-0.2, 0) is 0 Å². The summed E-state index contributed by atoms with van der Waals surface area (Å²) in [6.07, 6.45) is 0.498. The number of carbonyl (C=O) groups excluding carboxylic acids is 1. The first kappa shape index (κ1) is 11.2. The maximum absolute atomic E-state index is 11.6. The number of benzene rings is 1. The van der Waals surface area contributed by atoms with E-state index in [4.69, 9.17) is 17.3 Å². The first-order chi connectivity index (χ1) is 6.63. The van der Waals surface area contributed by atoms with Crippen LogP contribution in [0, 0.1) is 5.92 Å². The fourth-order valence-electron chi connectivity index (χ4n) is 1.15. The number of carbonyl (C=O) groups is 1. The van der Waals surface area contributed by atoms with Crippen LogP contribution in [0.4, 0.5) is 0 Å². The molecule has 0 fully saturated rings. The van der Waals surface area contributed by atoms with Gasteiger partial charge >= 0.3 is 0 Å². The number of ketones is 1. The molecule has 0 aliphatic heterocycles. The second-order valence-corrected chi connectivity index (χ2v) is 3.91. The average Bonchev–Trinajstić information content (AvgIpc) is 2.18. The Labute approximate surface area is 89.1 Å². The third-order valence-corrected chi connectivity index (χ3v) is 2.35. The third kappa shape index (κ3) is 3.13. The van der Waals surface area contributed by atoms with E-state index in [0.29, 0.717) is 23.6 Å². The average molecular weight is 212 g/mol. The molecule has 1 aromatic carbocycles. The Morgan fingerprint density at radius 2 is 2.00 bits per heavy atom. The molecule has 0 spiro atoms. The van der Waals surface area contributed by atoms with Gasteiger partial charge in [-0.1, -0.05) is 18.5 Å². The molecule has 1 atom stereocenters. The van der Waals surface area contributed by atoms with Crippen molar-refractivity contribution >= 4 is 17.4 Å². The van der Waals surface area contributed by atoms with E-state index in [1.165, 1.54) is 0 Å². The Balaban J connectivity index is 2.65. The summed E-state index contributed by atoms with van der Waals surface area (Å²) in [7, 11) is 0. The number of halogens is 1. The molecule has 0 amide bonds. The zero-order valence-corrected chi connectivity index (χ0v) is 8.92. The van der Waals surface area contributed by atoms with Gasteiger partial charge in [0.05, 0.1) is 0 Å². The molecule has 0 saturated heterocycles. The Morgan fingerprint density at radius 3 is 2.50 bits per heavy atom. The van der Waals surface area contributed by atoms with Crippen molar-refractivity contribution in [1.82, 2.24) is 0 Å². The van der Waals surface area contributed by atoms with Crippen LogP contribution in [0.3, 0.4) is 0 Å². The summed E-state index contributed by atoms with van der Waals surface area (Å²) in [6, 6.07) is 6.94. The van der Waals surface area contributed by atoms with Crippen molar-refractivity contribution in [3.05, 3.63) is 34.9 Å². The molecule has 0 aliphatic rings. The molecular weight excluding hydrogens is 198 g/mol. The Kier molecular flexibility index (Phi) is 4.11. The smallest absolute Gasteiger partial charge is 0.163 e. The molecule has 0 radical (unpaired) electrons. The summed E-state index contributed by atoms with van der Waals surface area (Å²) < 4.78 is 0. The van der Waals surface area contributed by atoms with Crippen molar-refractivity contribution in [3.63, 3.8) is 0 Å². The van der Waals surface area contributed by atoms with Gasteiger partial charge in [0.25, 0.3) is 0 Å². The second-order valence-electron chi connectivity index (χ2n) is 3.48. The van der Waals surface area contributed by atoms with Crippen molar-refractivity contribution in [2.75, 3.05) is 6.54 Å². The van der Waals surface area contributed by atoms with Crippen LogP contribution >= 0.6 is 11.6 Å². The van der Waals surface area contributed by atoms with Crippen LogP contribution < -0.4 is 5.73 Å². The fraction of sp³-hybridized carbons (Fsp3) is 0.364. The highest BCUT2D eigenvalue weighted by Crippen LogP contribution is 2.13. The van der Waals surface area contributed by atoms with Crippen LogP contribution in [0.5, 0.6) is 0 Å². The van der Waals surface area contributed by atoms with Gasteiger partial charge in [-0.2, -0.15) is 0 Å². The molecular formula is C11H14ClNO. The van der Waals surface area contributed by atoms with Gasteiger partial charge in [0, 0.05) is 17.0 Å². The van der Waals surface area contributed by atoms with Gasteiger partial charge in [-0.3, -0.25) is 4.79 Å². The summed E-state index contributed by atoms with van der Waals surface area (Å²) >= 11 is 5.72. The van der Waals surface area contributed by atoms with Crippen LogP contribution in [0.1, 0.15) is 23.7 Å².